The van der Waals surface area contributed by atoms with Crippen LogP contribution in [0.3, 0.4) is 0 Å². The number of hydrogen-bond donors (Lipinski definition) is 0. The first-order valence-electron chi connectivity index (χ1n) is 27.0. The van der Waals surface area contributed by atoms with E-state index < -0.39 is 0 Å². The maximum atomic E-state index is 13.7. The zero-order chi connectivity index (χ0) is 54.7. The minimum Gasteiger partial charge on any atom is -0.657 e. The molecule has 8 bridgehead atoms. The Kier molecular flexibility index (Phi) is 16.3. The summed E-state index contributed by atoms with van der Waals surface area (Å²) in [6, 6.07) is 38.2. The smallest absolute Gasteiger partial charge is 0.657 e. The molecule has 5 aliphatic heterocycles. The number of carbonyl (C=O) groups excluding carboxylic acids is 4. The van der Waals surface area contributed by atoms with Crippen LogP contribution in [0.5, 0.6) is 0 Å². The summed E-state index contributed by atoms with van der Waals surface area (Å²) >= 11 is 0. The Morgan fingerprint density at radius 1 is 0.444 bits per heavy atom. The van der Waals surface area contributed by atoms with Gasteiger partial charge in [-0.2, -0.15) is 0 Å². The van der Waals surface area contributed by atoms with Gasteiger partial charge in [-0.05, 0) is 117 Å². The van der Waals surface area contributed by atoms with Crippen LogP contribution in [0.15, 0.2) is 121 Å². The van der Waals surface area contributed by atoms with Crippen LogP contribution in [-0.2, 0) is 35.7 Å². The number of methoxy groups -OCH3 is 1. The SMILES string of the molecule is COCCN(C)C(=O)c1ccc(-c2c3nc(c(-c4ccc(C(=O)N5CCOCC5)cc4)c4ccc([n-]4)c(-c4ccc(C(=O)N5CCOCC5)cc4)c4nc(c(-c5ccc(C(=O)N6CCOCC6)cc5)c5ccc2[n-]5)C=C4)C=C3)cc1.[Co+2]. The van der Waals surface area contributed by atoms with Crippen LogP contribution < -0.4 is 9.97 Å². The number of rotatable bonds is 11. The first-order chi connectivity index (χ1) is 39.2. The van der Waals surface area contributed by atoms with Gasteiger partial charge in [0.15, 0.2) is 0 Å². The summed E-state index contributed by atoms with van der Waals surface area (Å²) in [6.07, 6.45) is 7.92. The molecule has 12 rings (SSSR count). The van der Waals surface area contributed by atoms with Crippen molar-refractivity contribution in [1.29, 1.82) is 0 Å². The number of fused-ring (bicyclic) bond motifs is 8. The average Bonchev–Trinajstić information content (AvgIpc) is 4.41. The number of aromatic nitrogens is 4. The second kappa shape index (κ2) is 24.2. The Bertz CT molecular complexity index is 3670. The largest absolute Gasteiger partial charge is 2.00 e. The van der Waals surface area contributed by atoms with Crippen LogP contribution in [0.2, 0.25) is 0 Å². The van der Waals surface area contributed by atoms with Crippen molar-refractivity contribution < 1.29 is 54.9 Å². The number of ether oxygens (including phenoxy) is 4. The molecule has 0 spiro atoms. The van der Waals surface area contributed by atoms with Crippen molar-refractivity contribution in [2.75, 3.05) is 106 Å². The first kappa shape index (κ1) is 54.7. The third kappa shape index (κ3) is 11.3. The minimum atomic E-state index is -0.132. The van der Waals surface area contributed by atoms with Gasteiger partial charge in [0, 0.05) is 82.2 Å². The Labute approximate surface area is 479 Å². The summed E-state index contributed by atoms with van der Waals surface area (Å²) < 4.78 is 21.8. The van der Waals surface area contributed by atoms with Gasteiger partial charge in [0.2, 0.25) is 0 Å². The van der Waals surface area contributed by atoms with Crippen LogP contribution in [0.4, 0.5) is 0 Å². The van der Waals surface area contributed by atoms with E-state index in [1.54, 1.807) is 19.1 Å². The first-order valence-corrected chi connectivity index (χ1v) is 27.0. The number of carbonyl (C=O) groups is 4. The Balaban J connectivity index is 0.00000690. The van der Waals surface area contributed by atoms with E-state index in [-0.39, 0.29) is 40.4 Å². The zero-order valence-electron chi connectivity index (χ0n) is 44.9. The molecule has 0 aliphatic carbocycles. The molecule has 5 aliphatic rings. The second-order valence-electron chi connectivity index (χ2n) is 20.1. The van der Waals surface area contributed by atoms with Crippen molar-refractivity contribution in [2.45, 2.75) is 0 Å². The molecule has 1 radical (unpaired) electrons. The van der Waals surface area contributed by atoms with Gasteiger partial charge in [-0.1, -0.05) is 72.8 Å². The van der Waals surface area contributed by atoms with Crippen LogP contribution in [0, 0.1) is 0 Å². The molecule has 0 saturated carbocycles. The summed E-state index contributed by atoms with van der Waals surface area (Å²) in [4.78, 5) is 83.5. The average molecular weight is 1130 g/mol. The number of nitrogens with zero attached hydrogens (tertiary/aromatic N) is 8. The molecule has 17 heteroatoms. The van der Waals surface area contributed by atoms with Gasteiger partial charge in [0.25, 0.3) is 23.6 Å². The summed E-state index contributed by atoms with van der Waals surface area (Å²) in [5, 5.41) is 0. The zero-order valence-corrected chi connectivity index (χ0v) is 46.0. The van der Waals surface area contributed by atoms with Crippen molar-refractivity contribution >= 4 is 70.0 Å². The summed E-state index contributed by atoms with van der Waals surface area (Å²) in [5.74, 6) is -0.311. The number of amides is 4. The molecule has 3 saturated heterocycles. The molecule has 0 N–H and O–H groups in total. The monoisotopic (exact) mass is 1130 g/mol. The second-order valence-corrected chi connectivity index (χ2v) is 20.1. The van der Waals surface area contributed by atoms with Crippen LogP contribution in [-0.4, -0.2) is 159 Å². The fourth-order valence-corrected chi connectivity index (χ4v) is 10.8. The van der Waals surface area contributed by atoms with Crippen molar-refractivity contribution in [3.05, 3.63) is 166 Å². The molecule has 3 fully saturated rings. The standard InChI is InChI=1S/C64H59N8O8.Co/c1-69(27-34-77-2)61(73)45-11-3-41(4-12-45)57-49-19-21-51(65-49)58(42-5-13-46(14-6-42)62(74)70-28-35-78-36-29-70)53-23-25-55(67-53)60(44-9-17-48(18-10-44)64(76)72-32-39-80-40-33-72)56-26-24-54(68-56)59(52-22-20-50(57)66-52)43-7-15-47(16-8-43)63(75)71-30-37-79-38-31-71;/h3-26H,27-40H2,1-2H3,(H-,65,66,67,68,73,74,75,76);/q-1;+2/p-1. The van der Waals surface area contributed by atoms with Gasteiger partial charge >= 0.3 is 16.8 Å². The van der Waals surface area contributed by atoms with Crippen LogP contribution in [0.1, 0.15) is 64.2 Å². The van der Waals surface area contributed by atoms with Gasteiger partial charge in [-0.3, -0.25) is 19.2 Å². The number of benzene rings is 4. The molecule has 7 aromatic rings. The van der Waals surface area contributed by atoms with Crippen molar-refractivity contribution in [1.82, 2.24) is 39.5 Å². The molecule has 3 aromatic heterocycles. The maximum Gasteiger partial charge on any atom is 2.00 e. The van der Waals surface area contributed by atoms with Gasteiger partial charge < -0.3 is 48.5 Å². The van der Waals surface area contributed by atoms with Crippen molar-refractivity contribution in [2.24, 2.45) is 0 Å². The molecule has 4 aromatic carbocycles. The molecule has 8 heterocycles. The van der Waals surface area contributed by atoms with Gasteiger partial charge in [-0.25, -0.2) is 9.97 Å². The third-order valence-electron chi connectivity index (χ3n) is 15.2. The van der Waals surface area contributed by atoms with Crippen LogP contribution >= 0.6 is 0 Å². The topological polar surface area (TPSA) is 172 Å². The predicted octanol–water partition coefficient (Wildman–Crippen LogP) is 8.71. The van der Waals surface area contributed by atoms with E-state index in [1.165, 1.54) is 0 Å². The molecule has 16 nitrogen and oxygen atoms in total. The van der Waals surface area contributed by atoms with E-state index in [2.05, 4.69) is 0 Å². The fourth-order valence-electron chi connectivity index (χ4n) is 10.8. The quantitative estimate of drug-likeness (QED) is 0.121. The van der Waals surface area contributed by atoms with E-state index in [0.29, 0.717) is 159 Å². The predicted molar refractivity (Wildman–Crippen MR) is 308 cm³/mol. The summed E-state index contributed by atoms with van der Waals surface area (Å²) in [6.45, 7) is 6.98. The molecule has 4 amide bonds. The Hall–Kier alpha value is -8.29. The number of morpholine rings is 3. The van der Waals surface area contributed by atoms with E-state index in [0.717, 1.165) is 44.5 Å². The normalized spacial score (nSPS) is 15.1. The maximum absolute atomic E-state index is 13.7. The molecule has 0 unspecified atom stereocenters. The van der Waals surface area contributed by atoms with Crippen molar-refractivity contribution in [3.63, 3.8) is 0 Å². The van der Waals surface area contributed by atoms with Crippen molar-refractivity contribution in [3.8, 4) is 44.5 Å². The molecule has 411 valence electrons. The fraction of sp³-hybridized carbons (Fsp3) is 0.250. The molecular weight excluding hydrogens is 1070 g/mol. The van der Waals surface area contributed by atoms with E-state index in [4.69, 9.17) is 38.9 Å². The van der Waals surface area contributed by atoms with Gasteiger partial charge in [-0.15, -0.1) is 22.1 Å². The number of likely N-dealkylation sites (N-methyl/N-ethyl adjacent to an activating group) is 1. The molecule has 0 atom stereocenters. The molecule has 81 heavy (non-hydrogen) atoms. The van der Waals surface area contributed by atoms with E-state index in [9.17, 15) is 19.2 Å². The Morgan fingerprint density at radius 2 is 0.716 bits per heavy atom. The summed E-state index contributed by atoms with van der Waals surface area (Å²) in [5.41, 5.74) is 13.5. The van der Waals surface area contributed by atoms with E-state index >= 15 is 0 Å². The van der Waals surface area contributed by atoms with E-state index in [1.807, 2.05) is 160 Å². The molecular formula is C64H58CoN8O8. The third-order valence-corrected chi connectivity index (χ3v) is 15.2. The van der Waals surface area contributed by atoms with Crippen LogP contribution in [0.25, 0.3) is 90.9 Å². The van der Waals surface area contributed by atoms with Gasteiger partial charge in [0.05, 0.1) is 69.0 Å². The Morgan fingerprint density at radius 3 is 0.988 bits per heavy atom. The minimum absolute atomic E-state index is 0. The summed E-state index contributed by atoms with van der Waals surface area (Å²) in [7, 11) is 3.37. The van der Waals surface area contributed by atoms with Gasteiger partial charge in [0.1, 0.15) is 0 Å². The number of hydrogen-bond acceptors (Lipinski definition) is 10.